The van der Waals surface area contributed by atoms with Crippen LogP contribution in [0, 0.1) is 6.08 Å². The molecular weight excluding hydrogens is 84.1 g/mol. The molecule has 0 unspecified atom stereocenters. The minimum atomic E-state index is 1.11. The molecule has 0 fully saturated rings. The van der Waals surface area contributed by atoms with E-state index < -0.39 is 0 Å². The summed E-state index contributed by atoms with van der Waals surface area (Å²) in [5.41, 5.74) is 0. The molecule has 0 atom stereocenters. The first-order valence-corrected chi connectivity index (χ1v) is 2.57. The summed E-state index contributed by atoms with van der Waals surface area (Å²) in [5, 5.41) is 0. The highest BCUT2D eigenvalue weighted by molar-refractivity contribution is 4.97. The largest absolute Gasteiger partial charge is 0.0848 e. The topological polar surface area (TPSA) is 0 Å². The molecule has 0 N–H and O–H groups in total. The van der Waals surface area contributed by atoms with Crippen molar-refractivity contribution in [2.75, 3.05) is 0 Å². The van der Waals surface area contributed by atoms with Gasteiger partial charge in [0.25, 0.3) is 0 Å². The Hall–Kier alpha value is -0.520. The van der Waals surface area contributed by atoms with E-state index in [-0.39, 0.29) is 0 Å². The molecule has 39 valence electrons. The van der Waals surface area contributed by atoms with Gasteiger partial charge in [0.05, 0.1) is 0 Å². The minimum absolute atomic E-state index is 1.11. The second kappa shape index (κ2) is 5.48. The Bertz CT molecular complexity index is 68.1. The molecular formula is C7H11. The molecule has 0 saturated heterocycles. The van der Waals surface area contributed by atoms with Gasteiger partial charge in [-0.2, -0.15) is 0 Å². The summed E-state index contributed by atoms with van der Waals surface area (Å²) < 4.78 is 0. The number of hydrogen-bond donors (Lipinski definition) is 0. The van der Waals surface area contributed by atoms with Crippen LogP contribution in [-0.4, -0.2) is 0 Å². The van der Waals surface area contributed by atoms with Crippen molar-refractivity contribution in [2.45, 2.75) is 20.3 Å². The zero-order valence-corrected chi connectivity index (χ0v) is 4.94. The molecule has 0 spiro atoms. The third-order valence-corrected chi connectivity index (χ3v) is 0.635. The van der Waals surface area contributed by atoms with Gasteiger partial charge in [0.15, 0.2) is 0 Å². The Kier molecular flexibility index (Phi) is 5.07. The average Bonchev–Trinajstić information content (AvgIpc) is 1.69. The molecule has 0 rings (SSSR count). The number of rotatable bonds is 2. The van der Waals surface area contributed by atoms with Crippen LogP contribution < -0.4 is 0 Å². The summed E-state index contributed by atoms with van der Waals surface area (Å²) in [6.07, 6.45) is 10.0. The Morgan fingerprint density at radius 2 is 2.29 bits per heavy atom. The second-order valence-electron chi connectivity index (χ2n) is 1.29. The molecule has 0 aliphatic heterocycles. The number of hydrogen-bond acceptors (Lipinski definition) is 0. The first-order valence-electron chi connectivity index (χ1n) is 2.57. The lowest BCUT2D eigenvalue weighted by Gasteiger charge is -1.69. The predicted octanol–water partition coefficient (Wildman–Crippen LogP) is 2.33. The van der Waals surface area contributed by atoms with Crippen LogP contribution in [-0.2, 0) is 0 Å². The van der Waals surface area contributed by atoms with Crippen molar-refractivity contribution in [2.24, 2.45) is 0 Å². The summed E-state index contributed by atoms with van der Waals surface area (Å²) in [7, 11) is 0. The smallest absolute Gasteiger partial charge is 0.0376 e. The summed E-state index contributed by atoms with van der Waals surface area (Å²) in [6.45, 7) is 4.00. The molecule has 0 heteroatoms. The third-order valence-electron chi connectivity index (χ3n) is 0.635. The molecule has 0 bridgehead atoms. The highest BCUT2D eigenvalue weighted by Crippen LogP contribution is 1.78. The lowest BCUT2D eigenvalue weighted by molar-refractivity contribution is 1.22. The van der Waals surface area contributed by atoms with Crippen LogP contribution in [0.25, 0.3) is 0 Å². The van der Waals surface area contributed by atoms with Gasteiger partial charge in [-0.3, -0.25) is 0 Å². The molecule has 0 aliphatic carbocycles. The van der Waals surface area contributed by atoms with Crippen LogP contribution in [0.1, 0.15) is 20.3 Å². The van der Waals surface area contributed by atoms with E-state index in [9.17, 15) is 0 Å². The summed E-state index contributed by atoms with van der Waals surface area (Å²) in [5.74, 6) is 0. The van der Waals surface area contributed by atoms with Crippen molar-refractivity contribution >= 4 is 0 Å². The molecule has 1 radical (unpaired) electrons. The quantitative estimate of drug-likeness (QED) is 0.462. The molecule has 0 aromatic rings. The van der Waals surface area contributed by atoms with Crippen LogP contribution >= 0.6 is 0 Å². The van der Waals surface area contributed by atoms with E-state index in [0.717, 1.165) is 6.42 Å². The fourth-order valence-electron chi connectivity index (χ4n) is 0.300. The number of allylic oxidation sites excluding steroid dienone is 4. The van der Waals surface area contributed by atoms with Gasteiger partial charge in [0, 0.05) is 0 Å². The molecule has 0 aromatic carbocycles. The van der Waals surface area contributed by atoms with Crippen molar-refractivity contribution in [1.82, 2.24) is 0 Å². The average molecular weight is 95.2 g/mol. The molecule has 7 heavy (non-hydrogen) atoms. The van der Waals surface area contributed by atoms with Crippen molar-refractivity contribution in [3.05, 3.63) is 24.3 Å². The summed E-state index contributed by atoms with van der Waals surface area (Å²) >= 11 is 0. The fourth-order valence-corrected chi connectivity index (χ4v) is 0.300. The monoisotopic (exact) mass is 95.1 g/mol. The maximum Gasteiger partial charge on any atom is -0.0376 e. The van der Waals surface area contributed by atoms with Gasteiger partial charge >= 0.3 is 0 Å². The van der Waals surface area contributed by atoms with Gasteiger partial charge in [-0.15, -0.1) is 0 Å². The van der Waals surface area contributed by atoms with Crippen molar-refractivity contribution in [3.8, 4) is 0 Å². The van der Waals surface area contributed by atoms with Crippen molar-refractivity contribution in [3.63, 3.8) is 0 Å². The van der Waals surface area contributed by atoms with Gasteiger partial charge in [0.1, 0.15) is 0 Å². The first kappa shape index (κ1) is 6.48. The van der Waals surface area contributed by atoms with Crippen LogP contribution in [0.4, 0.5) is 0 Å². The second-order valence-corrected chi connectivity index (χ2v) is 1.29. The Morgan fingerprint density at radius 3 is 2.71 bits per heavy atom. The van der Waals surface area contributed by atoms with Crippen LogP contribution in [0.3, 0.4) is 0 Å². The van der Waals surface area contributed by atoms with Gasteiger partial charge in [-0.1, -0.05) is 25.2 Å². The van der Waals surface area contributed by atoms with Crippen molar-refractivity contribution in [1.29, 1.82) is 0 Å². The van der Waals surface area contributed by atoms with Gasteiger partial charge in [-0.25, -0.2) is 0 Å². The maximum absolute atomic E-state index is 2.89. The highest BCUT2D eigenvalue weighted by atomic mass is 13.6. The molecule has 0 aromatic heterocycles. The molecule has 0 aliphatic rings. The molecule has 0 amide bonds. The minimum Gasteiger partial charge on any atom is -0.0848 e. The van der Waals surface area contributed by atoms with E-state index in [1.807, 2.05) is 19.1 Å². The fraction of sp³-hybridized carbons (Fsp3) is 0.429. The van der Waals surface area contributed by atoms with E-state index >= 15 is 0 Å². The Labute approximate surface area is 45.5 Å². The van der Waals surface area contributed by atoms with E-state index in [2.05, 4.69) is 19.1 Å². The van der Waals surface area contributed by atoms with Gasteiger partial charge in [0.2, 0.25) is 0 Å². The SMILES string of the molecule is C/[C]=C/C=CCC. The van der Waals surface area contributed by atoms with Crippen molar-refractivity contribution < 1.29 is 0 Å². The Morgan fingerprint density at radius 1 is 1.57 bits per heavy atom. The predicted molar refractivity (Wildman–Crippen MR) is 32.9 cm³/mol. The van der Waals surface area contributed by atoms with E-state index in [1.165, 1.54) is 0 Å². The van der Waals surface area contributed by atoms with Crippen LogP contribution in [0.15, 0.2) is 18.2 Å². The summed E-state index contributed by atoms with van der Waals surface area (Å²) in [4.78, 5) is 0. The van der Waals surface area contributed by atoms with Crippen LogP contribution in [0.2, 0.25) is 0 Å². The van der Waals surface area contributed by atoms with E-state index in [1.54, 1.807) is 0 Å². The standard InChI is InChI=1S/C7H11/c1-3-5-7-6-4-2/h5-7H,3H2,1-2H3. The zero-order chi connectivity index (χ0) is 5.54. The van der Waals surface area contributed by atoms with Gasteiger partial charge in [-0.05, 0) is 19.4 Å². The zero-order valence-electron chi connectivity index (χ0n) is 4.94. The Balaban J connectivity index is 3.09. The maximum atomic E-state index is 2.89. The third kappa shape index (κ3) is 5.48. The first-order chi connectivity index (χ1) is 3.41. The summed E-state index contributed by atoms with van der Waals surface area (Å²) in [6, 6.07) is 0. The normalized spacial score (nSPS) is 11.7. The molecule has 0 saturated carbocycles. The lowest BCUT2D eigenvalue weighted by atomic mass is 10.4. The molecule has 0 heterocycles. The van der Waals surface area contributed by atoms with E-state index in [0.29, 0.717) is 0 Å². The van der Waals surface area contributed by atoms with E-state index in [4.69, 9.17) is 0 Å². The van der Waals surface area contributed by atoms with Gasteiger partial charge < -0.3 is 0 Å². The molecule has 0 nitrogen and oxygen atoms in total. The van der Waals surface area contributed by atoms with Crippen LogP contribution in [0.5, 0.6) is 0 Å². The lowest BCUT2D eigenvalue weighted by Crippen LogP contribution is -1.49. The highest BCUT2D eigenvalue weighted by Gasteiger charge is 1.58.